The second-order valence-corrected chi connectivity index (χ2v) is 11.8. The fraction of sp³-hybridized carbons (Fsp3) is 0.417. The number of nitrogens with one attached hydrogen (secondary N) is 1. The van der Waals surface area contributed by atoms with Gasteiger partial charge in [-0.3, -0.25) is 13.9 Å². The molecule has 198 valence electrons. The monoisotopic (exact) mass is 595 g/mol. The van der Waals surface area contributed by atoms with Crippen molar-refractivity contribution in [2.45, 2.75) is 52.2 Å². The molecule has 1 N–H and O–H groups in total. The van der Waals surface area contributed by atoms with Gasteiger partial charge < -0.3 is 10.2 Å². The third-order valence-electron chi connectivity index (χ3n) is 5.66. The molecule has 0 fully saturated rings. The largest absolute Gasteiger partial charge is 0.352 e. The zero-order valence-electron chi connectivity index (χ0n) is 20.4. The van der Waals surface area contributed by atoms with Crippen LogP contribution in [0.15, 0.2) is 36.4 Å². The summed E-state index contributed by atoms with van der Waals surface area (Å²) >= 11 is 25.1. The van der Waals surface area contributed by atoms with Gasteiger partial charge in [0.25, 0.3) is 0 Å². The van der Waals surface area contributed by atoms with E-state index in [2.05, 4.69) is 5.32 Å². The normalized spacial score (nSPS) is 13.1. The molecule has 36 heavy (non-hydrogen) atoms. The van der Waals surface area contributed by atoms with Crippen molar-refractivity contribution < 1.29 is 18.0 Å². The Morgan fingerprint density at radius 3 is 2.03 bits per heavy atom. The van der Waals surface area contributed by atoms with Crippen LogP contribution in [0.3, 0.4) is 0 Å². The zero-order valence-corrected chi connectivity index (χ0v) is 24.2. The van der Waals surface area contributed by atoms with Crippen LogP contribution in [-0.2, 0) is 26.2 Å². The van der Waals surface area contributed by atoms with Gasteiger partial charge in [0.15, 0.2) is 0 Å². The molecule has 2 aromatic rings. The number of carbonyl (C=O) groups is 2. The first kappa shape index (κ1) is 30.5. The maximum Gasteiger partial charge on any atom is 0.244 e. The summed E-state index contributed by atoms with van der Waals surface area (Å²) in [6.45, 7) is 4.82. The molecule has 0 spiro atoms. The van der Waals surface area contributed by atoms with Crippen LogP contribution >= 0.6 is 46.4 Å². The first-order valence-corrected chi connectivity index (χ1v) is 14.6. The minimum atomic E-state index is -3.96. The Bertz CT molecular complexity index is 1190. The number of carbonyl (C=O) groups excluding carboxylic acids is 2. The first-order valence-electron chi connectivity index (χ1n) is 11.3. The van der Waals surface area contributed by atoms with E-state index in [1.165, 1.54) is 23.1 Å². The lowest BCUT2D eigenvalue weighted by atomic mass is 10.1. The van der Waals surface area contributed by atoms with Crippen molar-refractivity contribution in [1.82, 2.24) is 10.2 Å². The highest BCUT2D eigenvalue weighted by Gasteiger charge is 2.33. The molecule has 0 saturated heterocycles. The molecule has 0 aliphatic carbocycles. The maximum atomic E-state index is 13.7. The zero-order chi connectivity index (χ0) is 27.2. The van der Waals surface area contributed by atoms with E-state index in [1.54, 1.807) is 25.1 Å². The van der Waals surface area contributed by atoms with E-state index in [1.807, 2.05) is 13.8 Å². The number of hydrogen-bond donors (Lipinski definition) is 1. The van der Waals surface area contributed by atoms with Gasteiger partial charge in [-0.25, -0.2) is 8.42 Å². The van der Waals surface area contributed by atoms with Gasteiger partial charge in [-0.2, -0.15) is 0 Å². The fourth-order valence-electron chi connectivity index (χ4n) is 3.49. The lowest BCUT2D eigenvalue weighted by Gasteiger charge is -2.34. The molecule has 0 heterocycles. The van der Waals surface area contributed by atoms with Crippen molar-refractivity contribution in [3.05, 3.63) is 62.1 Å². The van der Waals surface area contributed by atoms with Crippen LogP contribution in [0.2, 0.25) is 20.1 Å². The van der Waals surface area contributed by atoms with Crippen LogP contribution < -0.4 is 9.62 Å². The Balaban J connectivity index is 2.55. The molecule has 0 bridgehead atoms. The number of hydrogen-bond acceptors (Lipinski definition) is 4. The van der Waals surface area contributed by atoms with Crippen LogP contribution in [-0.4, -0.2) is 50.0 Å². The van der Waals surface area contributed by atoms with E-state index < -0.39 is 28.5 Å². The predicted octanol–water partition coefficient (Wildman–Crippen LogP) is 5.79. The maximum absolute atomic E-state index is 13.7. The standard InChI is InChI=1S/C24H29Cl4N3O4S/c1-5-15(3)29-24(33)20(6-2)30(13-16-17(25)9-7-10-18(16)26)22(32)14-31(36(4,34)35)21-12-8-11-19(27)23(21)28/h7-12,15,20H,5-6,13-14H2,1-4H3,(H,29,33)/t15-,20-/m0/s1. The van der Waals surface area contributed by atoms with Gasteiger partial charge >= 0.3 is 0 Å². The number of amides is 2. The summed E-state index contributed by atoms with van der Waals surface area (Å²) in [5, 5.41) is 3.64. The molecule has 2 amide bonds. The topological polar surface area (TPSA) is 86.8 Å². The second-order valence-electron chi connectivity index (χ2n) is 8.31. The van der Waals surface area contributed by atoms with Gasteiger partial charge in [-0.1, -0.05) is 72.4 Å². The molecule has 2 rings (SSSR count). The Kier molecular flexibility index (Phi) is 11.2. The molecule has 2 atom stereocenters. The van der Waals surface area contributed by atoms with Crippen LogP contribution in [0.25, 0.3) is 0 Å². The van der Waals surface area contributed by atoms with Crippen LogP contribution in [0.5, 0.6) is 0 Å². The molecule has 7 nitrogen and oxygen atoms in total. The van der Waals surface area contributed by atoms with Gasteiger partial charge in [0.05, 0.1) is 22.0 Å². The van der Waals surface area contributed by atoms with Crippen molar-refractivity contribution in [3.63, 3.8) is 0 Å². The van der Waals surface area contributed by atoms with E-state index in [9.17, 15) is 18.0 Å². The highest BCUT2D eigenvalue weighted by atomic mass is 35.5. The number of nitrogens with zero attached hydrogens (tertiary/aromatic N) is 2. The molecule has 2 aromatic carbocycles. The summed E-state index contributed by atoms with van der Waals surface area (Å²) in [5.41, 5.74) is 0.489. The fourth-order valence-corrected chi connectivity index (χ4v) is 5.31. The molecule has 0 unspecified atom stereocenters. The minimum Gasteiger partial charge on any atom is -0.352 e. The molecule has 0 aromatic heterocycles. The summed E-state index contributed by atoms with van der Waals surface area (Å²) in [6, 6.07) is 8.38. The molecular formula is C24H29Cl4N3O4S. The van der Waals surface area contributed by atoms with Crippen molar-refractivity contribution in [2.75, 3.05) is 17.1 Å². The van der Waals surface area contributed by atoms with Crippen molar-refractivity contribution in [1.29, 1.82) is 0 Å². The van der Waals surface area contributed by atoms with E-state index in [-0.39, 0.29) is 40.6 Å². The number of rotatable bonds is 11. The Morgan fingerprint density at radius 2 is 1.50 bits per heavy atom. The summed E-state index contributed by atoms with van der Waals surface area (Å²) in [5.74, 6) is -1.01. The third kappa shape index (κ3) is 7.65. The Morgan fingerprint density at radius 1 is 0.944 bits per heavy atom. The summed E-state index contributed by atoms with van der Waals surface area (Å²) in [7, 11) is -3.96. The minimum absolute atomic E-state index is 0.0142. The summed E-state index contributed by atoms with van der Waals surface area (Å²) < 4.78 is 26.3. The van der Waals surface area contributed by atoms with Gasteiger partial charge in [-0.05, 0) is 44.0 Å². The third-order valence-corrected chi connectivity index (χ3v) is 8.30. The highest BCUT2D eigenvalue weighted by molar-refractivity contribution is 7.92. The average molecular weight is 597 g/mol. The van der Waals surface area contributed by atoms with E-state index in [0.29, 0.717) is 22.0 Å². The van der Waals surface area contributed by atoms with Crippen molar-refractivity contribution >= 4 is 73.9 Å². The van der Waals surface area contributed by atoms with Gasteiger partial charge in [0, 0.05) is 28.2 Å². The highest BCUT2D eigenvalue weighted by Crippen LogP contribution is 2.34. The number of sulfonamides is 1. The van der Waals surface area contributed by atoms with Gasteiger partial charge in [0.2, 0.25) is 21.8 Å². The quantitative estimate of drug-likeness (QED) is 0.356. The average Bonchev–Trinajstić information content (AvgIpc) is 2.80. The smallest absolute Gasteiger partial charge is 0.244 e. The summed E-state index contributed by atoms with van der Waals surface area (Å²) in [6.07, 6.45) is 1.92. The molecule has 0 aliphatic rings. The SMILES string of the molecule is CC[C@H](C)NC(=O)[C@H](CC)N(Cc1c(Cl)cccc1Cl)C(=O)CN(c1cccc(Cl)c1Cl)S(C)(=O)=O. The Labute approximate surface area is 232 Å². The summed E-state index contributed by atoms with van der Waals surface area (Å²) in [4.78, 5) is 28.2. The molecule has 0 saturated carbocycles. The van der Waals surface area contributed by atoms with Crippen LogP contribution in [0.4, 0.5) is 5.69 Å². The molecule has 0 radical (unpaired) electrons. The van der Waals surface area contributed by atoms with Crippen LogP contribution in [0.1, 0.15) is 39.2 Å². The van der Waals surface area contributed by atoms with Crippen molar-refractivity contribution in [3.8, 4) is 0 Å². The second kappa shape index (κ2) is 13.2. The van der Waals surface area contributed by atoms with Crippen molar-refractivity contribution in [2.24, 2.45) is 0 Å². The Hall–Kier alpha value is -1.71. The number of halogens is 4. The predicted molar refractivity (Wildman–Crippen MR) is 148 cm³/mol. The molecular weight excluding hydrogens is 568 g/mol. The van der Waals surface area contributed by atoms with Gasteiger partial charge in [0.1, 0.15) is 12.6 Å². The van der Waals surface area contributed by atoms with Crippen LogP contribution in [0, 0.1) is 0 Å². The molecule has 0 aliphatic heterocycles. The van der Waals surface area contributed by atoms with E-state index in [4.69, 9.17) is 46.4 Å². The first-order chi connectivity index (χ1) is 16.8. The number of benzene rings is 2. The molecule has 12 heteroatoms. The lowest BCUT2D eigenvalue weighted by molar-refractivity contribution is -0.140. The van der Waals surface area contributed by atoms with E-state index >= 15 is 0 Å². The number of anilines is 1. The van der Waals surface area contributed by atoms with E-state index in [0.717, 1.165) is 10.6 Å². The van der Waals surface area contributed by atoms with Gasteiger partial charge in [-0.15, -0.1) is 0 Å². The lowest BCUT2D eigenvalue weighted by Crippen LogP contribution is -2.53.